The Balaban J connectivity index is 2.06. The molecule has 0 bridgehead atoms. The number of carbonyl (C=O) groups is 2. The predicted octanol–water partition coefficient (Wildman–Crippen LogP) is 1.69. The van der Waals surface area contributed by atoms with Gasteiger partial charge in [-0.2, -0.15) is 0 Å². The van der Waals surface area contributed by atoms with Gasteiger partial charge in [-0.1, -0.05) is 34.1 Å². The minimum absolute atomic E-state index is 0.157. The van der Waals surface area contributed by atoms with Gasteiger partial charge in [0.2, 0.25) is 5.91 Å². The second kappa shape index (κ2) is 7.56. The number of ether oxygens (including phenoxy) is 2. The van der Waals surface area contributed by atoms with E-state index in [4.69, 9.17) is 9.47 Å². The Morgan fingerprint density at radius 1 is 1.48 bits per heavy atom. The summed E-state index contributed by atoms with van der Waals surface area (Å²) in [5.41, 5.74) is 0.941. The molecule has 0 radical (unpaired) electrons. The van der Waals surface area contributed by atoms with Gasteiger partial charge < -0.3 is 14.8 Å². The van der Waals surface area contributed by atoms with E-state index in [0.717, 1.165) is 10.0 Å². The lowest BCUT2D eigenvalue weighted by Gasteiger charge is -2.19. The van der Waals surface area contributed by atoms with Crippen LogP contribution < -0.4 is 5.32 Å². The molecule has 1 heterocycles. The highest BCUT2D eigenvalue weighted by Crippen LogP contribution is 2.19. The molecule has 2 atom stereocenters. The summed E-state index contributed by atoms with van der Waals surface area (Å²) < 4.78 is 10.9. The van der Waals surface area contributed by atoms with Crippen molar-refractivity contribution >= 4 is 27.8 Å². The number of esters is 1. The zero-order valence-electron chi connectivity index (χ0n) is 11.8. The van der Waals surface area contributed by atoms with Gasteiger partial charge in [-0.05, 0) is 18.1 Å². The summed E-state index contributed by atoms with van der Waals surface area (Å²) in [5, 5.41) is 2.77. The molecule has 5 nitrogen and oxygen atoms in total. The highest BCUT2D eigenvalue weighted by molar-refractivity contribution is 9.10. The number of halogens is 1. The van der Waals surface area contributed by atoms with Gasteiger partial charge >= 0.3 is 5.97 Å². The molecule has 1 fully saturated rings. The molecule has 21 heavy (non-hydrogen) atoms. The topological polar surface area (TPSA) is 64.6 Å². The van der Waals surface area contributed by atoms with Crippen LogP contribution in [-0.2, 0) is 25.5 Å². The summed E-state index contributed by atoms with van der Waals surface area (Å²) >= 11 is 3.44. The molecule has 1 N–H and O–H groups in total. The Hall–Kier alpha value is -1.40. The van der Waals surface area contributed by atoms with E-state index < -0.39 is 12.0 Å². The molecule has 1 aromatic carbocycles. The number of nitrogens with one attached hydrogen (secondary N) is 1. The van der Waals surface area contributed by atoms with Gasteiger partial charge in [0.1, 0.15) is 6.04 Å². The van der Waals surface area contributed by atoms with Crippen LogP contribution in [-0.4, -0.2) is 38.2 Å². The molecule has 1 aromatic rings. The Morgan fingerprint density at radius 2 is 2.24 bits per heavy atom. The number of benzene rings is 1. The molecular formula is C15H18BrNO4. The van der Waals surface area contributed by atoms with Crippen molar-refractivity contribution in [2.75, 3.05) is 20.3 Å². The van der Waals surface area contributed by atoms with Crippen LogP contribution >= 0.6 is 15.9 Å². The normalized spacial score (nSPS) is 19.0. The summed E-state index contributed by atoms with van der Waals surface area (Å²) in [6.45, 7) is 1.000. The van der Waals surface area contributed by atoms with E-state index in [-0.39, 0.29) is 11.8 Å². The Labute approximate surface area is 132 Å². The largest absolute Gasteiger partial charge is 0.467 e. The highest BCUT2D eigenvalue weighted by atomic mass is 79.9. The Bertz CT molecular complexity index is 514. The van der Waals surface area contributed by atoms with Gasteiger partial charge in [0.05, 0.1) is 19.6 Å². The number of hydrogen-bond acceptors (Lipinski definition) is 4. The van der Waals surface area contributed by atoms with Crippen molar-refractivity contribution in [3.8, 4) is 0 Å². The van der Waals surface area contributed by atoms with Crippen LogP contribution in [0.5, 0.6) is 0 Å². The lowest BCUT2D eigenvalue weighted by molar-refractivity contribution is -0.145. The number of methoxy groups -OCH3 is 1. The molecule has 1 amide bonds. The Kier molecular flexibility index (Phi) is 5.76. The third kappa shape index (κ3) is 4.28. The number of carbonyl (C=O) groups excluding carboxylic acids is 2. The molecule has 1 aliphatic heterocycles. The fourth-order valence-electron chi connectivity index (χ4n) is 2.25. The standard InChI is InChI=1S/C15H18BrNO4/c1-20-15(19)13(8-10-4-2-3-5-12(10)16)17-14(18)11-6-7-21-9-11/h2-5,11,13H,6-9H2,1H3,(H,17,18)/t11-,13+/m1/s1. The minimum atomic E-state index is -0.693. The molecule has 2 rings (SSSR count). The first-order valence-electron chi connectivity index (χ1n) is 6.81. The van der Waals surface area contributed by atoms with Crippen LogP contribution in [0.25, 0.3) is 0 Å². The molecule has 0 aliphatic carbocycles. The maximum Gasteiger partial charge on any atom is 0.328 e. The molecule has 0 saturated carbocycles. The van der Waals surface area contributed by atoms with Crippen molar-refractivity contribution in [2.24, 2.45) is 5.92 Å². The van der Waals surface area contributed by atoms with E-state index in [1.807, 2.05) is 24.3 Å². The van der Waals surface area contributed by atoms with Crippen molar-refractivity contribution < 1.29 is 19.1 Å². The zero-order chi connectivity index (χ0) is 15.2. The highest BCUT2D eigenvalue weighted by Gasteiger charge is 2.29. The van der Waals surface area contributed by atoms with Crippen molar-refractivity contribution in [1.29, 1.82) is 0 Å². The maximum atomic E-state index is 12.1. The Morgan fingerprint density at radius 3 is 2.86 bits per heavy atom. The molecule has 0 unspecified atom stereocenters. The quantitative estimate of drug-likeness (QED) is 0.816. The summed E-state index contributed by atoms with van der Waals surface area (Å²) in [4.78, 5) is 24.0. The molecule has 114 valence electrons. The second-order valence-corrected chi connectivity index (χ2v) is 5.79. The molecular weight excluding hydrogens is 338 g/mol. The first-order chi connectivity index (χ1) is 10.1. The molecule has 6 heteroatoms. The van der Waals surface area contributed by atoms with Crippen molar-refractivity contribution in [1.82, 2.24) is 5.32 Å². The van der Waals surface area contributed by atoms with E-state index in [2.05, 4.69) is 21.2 Å². The monoisotopic (exact) mass is 355 g/mol. The van der Waals surface area contributed by atoms with Gasteiger partial charge in [-0.15, -0.1) is 0 Å². The van der Waals surface area contributed by atoms with Crippen LogP contribution in [0, 0.1) is 5.92 Å². The number of hydrogen-bond donors (Lipinski definition) is 1. The summed E-state index contributed by atoms with van der Waals surface area (Å²) in [6.07, 6.45) is 1.07. The average molecular weight is 356 g/mol. The van der Waals surface area contributed by atoms with E-state index in [1.165, 1.54) is 7.11 Å². The van der Waals surface area contributed by atoms with E-state index in [9.17, 15) is 9.59 Å². The average Bonchev–Trinajstić information content (AvgIpc) is 3.02. The van der Waals surface area contributed by atoms with Crippen molar-refractivity contribution in [3.63, 3.8) is 0 Å². The lowest BCUT2D eigenvalue weighted by Crippen LogP contribution is -2.45. The van der Waals surface area contributed by atoms with Crippen LogP contribution in [0.15, 0.2) is 28.7 Å². The van der Waals surface area contributed by atoms with Crippen molar-refractivity contribution in [2.45, 2.75) is 18.9 Å². The van der Waals surface area contributed by atoms with Gasteiger partial charge in [0.25, 0.3) is 0 Å². The van der Waals surface area contributed by atoms with E-state index in [1.54, 1.807) is 0 Å². The molecule has 1 saturated heterocycles. The van der Waals surface area contributed by atoms with E-state index in [0.29, 0.717) is 26.1 Å². The number of rotatable bonds is 5. The van der Waals surface area contributed by atoms with Gasteiger partial charge in [-0.25, -0.2) is 4.79 Å². The predicted molar refractivity (Wildman–Crippen MR) is 80.7 cm³/mol. The molecule has 0 spiro atoms. The smallest absolute Gasteiger partial charge is 0.328 e. The van der Waals surface area contributed by atoms with Gasteiger partial charge in [0.15, 0.2) is 0 Å². The lowest BCUT2D eigenvalue weighted by atomic mass is 10.0. The summed E-state index contributed by atoms with van der Waals surface area (Å²) in [5.74, 6) is -0.788. The fraction of sp³-hybridized carbons (Fsp3) is 0.467. The fourth-order valence-corrected chi connectivity index (χ4v) is 2.70. The molecule has 1 aliphatic rings. The van der Waals surface area contributed by atoms with Gasteiger partial charge in [0, 0.05) is 17.5 Å². The van der Waals surface area contributed by atoms with Crippen LogP contribution in [0.1, 0.15) is 12.0 Å². The SMILES string of the molecule is COC(=O)[C@H](Cc1ccccc1Br)NC(=O)[C@@H]1CCOC1. The zero-order valence-corrected chi connectivity index (χ0v) is 13.4. The van der Waals surface area contributed by atoms with E-state index >= 15 is 0 Å². The molecule has 0 aromatic heterocycles. The third-order valence-electron chi connectivity index (χ3n) is 3.48. The van der Waals surface area contributed by atoms with Crippen molar-refractivity contribution in [3.05, 3.63) is 34.3 Å². The van der Waals surface area contributed by atoms with Gasteiger partial charge in [-0.3, -0.25) is 4.79 Å². The third-order valence-corrected chi connectivity index (χ3v) is 4.26. The maximum absolute atomic E-state index is 12.1. The first-order valence-corrected chi connectivity index (χ1v) is 7.60. The summed E-state index contributed by atoms with van der Waals surface area (Å²) in [7, 11) is 1.32. The van der Waals surface area contributed by atoms with Crippen LogP contribution in [0.4, 0.5) is 0 Å². The first kappa shape index (κ1) is 16.0. The van der Waals surface area contributed by atoms with Crippen LogP contribution in [0.2, 0.25) is 0 Å². The minimum Gasteiger partial charge on any atom is -0.467 e. The summed E-state index contributed by atoms with van der Waals surface area (Å²) in [6, 6.07) is 6.90. The second-order valence-electron chi connectivity index (χ2n) is 4.94. The number of amides is 1. The van der Waals surface area contributed by atoms with Crippen LogP contribution in [0.3, 0.4) is 0 Å².